The van der Waals surface area contributed by atoms with E-state index < -0.39 is 0 Å². The normalized spacial score (nSPS) is 10.5. The predicted molar refractivity (Wildman–Crippen MR) is 82.7 cm³/mol. The number of halogens is 4. The van der Waals surface area contributed by atoms with E-state index in [1.807, 2.05) is 24.3 Å². The fraction of sp³-hybridized carbons (Fsp3) is 0. The summed E-state index contributed by atoms with van der Waals surface area (Å²) in [6.45, 7) is 0. The summed E-state index contributed by atoms with van der Waals surface area (Å²) in [5, 5.41) is 0. The Hall–Kier alpha value is 0.360. The predicted octanol–water partition coefficient (Wildman–Crippen LogP) is 6.40. The molecule has 0 atom stereocenters. The standard InChI is InChI=1S/C12H6Br4/c13-9-5-1-3-7(11(9)15)8-4-2-6-10(14)12(8)16/h1-6H. The van der Waals surface area contributed by atoms with Crippen LogP contribution in [-0.4, -0.2) is 0 Å². The zero-order valence-corrected chi connectivity index (χ0v) is 14.3. The lowest BCUT2D eigenvalue weighted by atomic mass is 10.1. The second kappa shape index (κ2) is 5.34. The van der Waals surface area contributed by atoms with Gasteiger partial charge in [0.25, 0.3) is 0 Å². The van der Waals surface area contributed by atoms with E-state index in [1.165, 1.54) is 0 Å². The van der Waals surface area contributed by atoms with Gasteiger partial charge in [0.05, 0.1) is 0 Å². The van der Waals surface area contributed by atoms with Crippen molar-refractivity contribution in [2.24, 2.45) is 0 Å². The second-order valence-corrected chi connectivity index (χ2v) is 6.50. The van der Waals surface area contributed by atoms with E-state index in [2.05, 4.69) is 75.9 Å². The molecule has 2 rings (SSSR count). The Balaban J connectivity index is 2.68. The van der Waals surface area contributed by atoms with Gasteiger partial charge >= 0.3 is 0 Å². The van der Waals surface area contributed by atoms with Crippen LogP contribution in [0.2, 0.25) is 0 Å². The van der Waals surface area contributed by atoms with Crippen LogP contribution in [0, 0.1) is 0 Å². The summed E-state index contributed by atoms with van der Waals surface area (Å²) in [5.74, 6) is 0. The van der Waals surface area contributed by atoms with Crippen LogP contribution in [-0.2, 0) is 0 Å². The molecule has 0 heterocycles. The van der Waals surface area contributed by atoms with Gasteiger partial charge in [-0.1, -0.05) is 24.3 Å². The minimum absolute atomic E-state index is 1.05. The molecule has 0 N–H and O–H groups in total. The van der Waals surface area contributed by atoms with Crippen molar-refractivity contribution in [3.63, 3.8) is 0 Å². The molecule has 0 fully saturated rings. The highest BCUT2D eigenvalue weighted by Crippen LogP contribution is 2.39. The molecule has 4 heteroatoms. The van der Waals surface area contributed by atoms with Crippen LogP contribution in [0.25, 0.3) is 11.1 Å². The Morgan fingerprint density at radius 2 is 0.938 bits per heavy atom. The van der Waals surface area contributed by atoms with Gasteiger partial charge in [0, 0.05) is 17.9 Å². The molecule has 16 heavy (non-hydrogen) atoms. The molecule has 0 amide bonds. The Kier molecular flexibility index (Phi) is 4.27. The fourth-order valence-corrected chi connectivity index (χ4v) is 3.11. The van der Waals surface area contributed by atoms with Gasteiger partial charge in [-0.3, -0.25) is 0 Å². The van der Waals surface area contributed by atoms with E-state index in [0.717, 1.165) is 29.0 Å². The third kappa shape index (κ3) is 2.45. The van der Waals surface area contributed by atoms with Crippen molar-refractivity contribution in [1.29, 1.82) is 0 Å². The first-order chi connectivity index (χ1) is 7.61. The van der Waals surface area contributed by atoms with Crippen molar-refractivity contribution in [1.82, 2.24) is 0 Å². The first kappa shape index (κ1) is 12.8. The van der Waals surface area contributed by atoms with Crippen molar-refractivity contribution < 1.29 is 0 Å². The molecule has 0 saturated carbocycles. The molecule has 0 spiro atoms. The molecule has 0 bridgehead atoms. The molecule has 0 aromatic heterocycles. The first-order valence-electron chi connectivity index (χ1n) is 4.49. The van der Waals surface area contributed by atoms with Gasteiger partial charge in [-0.25, -0.2) is 0 Å². The highest BCUT2D eigenvalue weighted by atomic mass is 79.9. The van der Waals surface area contributed by atoms with E-state index in [-0.39, 0.29) is 0 Å². The molecule has 0 nitrogen and oxygen atoms in total. The topological polar surface area (TPSA) is 0 Å². The van der Waals surface area contributed by atoms with E-state index in [0.29, 0.717) is 0 Å². The van der Waals surface area contributed by atoms with Gasteiger partial charge in [-0.2, -0.15) is 0 Å². The summed E-state index contributed by atoms with van der Waals surface area (Å²) in [5.41, 5.74) is 2.31. The van der Waals surface area contributed by atoms with E-state index in [4.69, 9.17) is 0 Å². The Bertz CT molecular complexity index is 485. The van der Waals surface area contributed by atoms with Crippen LogP contribution in [0.1, 0.15) is 0 Å². The van der Waals surface area contributed by atoms with E-state index in [1.54, 1.807) is 0 Å². The van der Waals surface area contributed by atoms with E-state index in [9.17, 15) is 0 Å². The molecule has 82 valence electrons. The molecule has 2 aromatic rings. The van der Waals surface area contributed by atoms with Crippen molar-refractivity contribution >= 4 is 63.7 Å². The lowest BCUT2D eigenvalue weighted by Gasteiger charge is -2.09. The second-order valence-electron chi connectivity index (χ2n) is 3.20. The first-order valence-corrected chi connectivity index (χ1v) is 7.67. The van der Waals surface area contributed by atoms with Crippen LogP contribution >= 0.6 is 63.7 Å². The maximum atomic E-state index is 3.59. The summed E-state index contributed by atoms with van der Waals surface area (Å²) >= 11 is 14.2. The average Bonchev–Trinajstić information content (AvgIpc) is 2.27. The number of hydrogen-bond donors (Lipinski definition) is 0. The lowest BCUT2D eigenvalue weighted by Crippen LogP contribution is -1.83. The van der Waals surface area contributed by atoms with Gasteiger partial charge in [0.15, 0.2) is 0 Å². The van der Waals surface area contributed by atoms with E-state index >= 15 is 0 Å². The molecule has 0 aliphatic rings. The van der Waals surface area contributed by atoms with Crippen LogP contribution in [0.3, 0.4) is 0 Å². The third-order valence-corrected chi connectivity index (χ3v) is 6.29. The van der Waals surface area contributed by atoms with Gasteiger partial charge in [0.1, 0.15) is 0 Å². The molecular weight excluding hydrogens is 464 g/mol. The summed E-state index contributed by atoms with van der Waals surface area (Å²) in [6, 6.07) is 12.2. The van der Waals surface area contributed by atoms with Crippen LogP contribution < -0.4 is 0 Å². The molecule has 0 saturated heterocycles. The smallest absolute Gasteiger partial charge is 0.0396 e. The van der Waals surface area contributed by atoms with Gasteiger partial charge in [-0.05, 0) is 87.0 Å². The molecule has 0 aliphatic carbocycles. The summed E-state index contributed by atoms with van der Waals surface area (Å²) in [4.78, 5) is 0. The lowest BCUT2D eigenvalue weighted by molar-refractivity contribution is 1.51. The van der Waals surface area contributed by atoms with Crippen molar-refractivity contribution in [2.75, 3.05) is 0 Å². The monoisotopic (exact) mass is 466 g/mol. The third-order valence-electron chi connectivity index (χ3n) is 2.19. The zero-order chi connectivity index (χ0) is 11.7. The SMILES string of the molecule is Brc1cccc(-c2cccc(Br)c2Br)c1Br. The molecular formula is C12H6Br4. The van der Waals surface area contributed by atoms with Crippen LogP contribution in [0.15, 0.2) is 54.3 Å². The molecule has 2 aromatic carbocycles. The molecule has 0 radical (unpaired) electrons. The molecule has 0 aliphatic heterocycles. The Labute approximate surface area is 128 Å². The van der Waals surface area contributed by atoms with Crippen LogP contribution in [0.4, 0.5) is 0 Å². The minimum Gasteiger partial charge on any atom is -0.0604 e. The zero-order valence-electron chi connectivity index (χ0n) is 7.98. The van der Waals surface area contributed by atoms with Crippen molar-refractivity contribution in [3.05, 3.63) is 54.3 Å². The number of benzene rings is 2. The van der Waals surface area contributed by atoms with Gasteiger partial charge in [-0.15, -0.1) is 0 Å². The average molecular weight is 470 g/mol. The Morgan fingerprint density at radius 1 is 0.562 bits per heavy atom. The summed E-state index contributed by atoms with van der Waals surface area (Å²) < 4.78 is 4.23. The Morgan fingerprint density at radius 3 is 1.31 bits per heavy atom. The largest absolute Gasteiger partial charge is 0.0604 e. The maximum Gasteiger partial charge on any atom is 0.0396 e. The van der Waals surface area contributed by atoms with Crippen molar-refractivity contribution in [3.8, 4) is 11.1 Å². The number of rotatable bonds is 1. The minimum atomic E-state index is 1.05. The summed E-state index contributed by atoms with van der Waals surface area (Å²) in [6.07, 6.45) is 0. The highest BCUT2D eigenvalue weighted by Gasteiger charge is 2.10. The maximum absolute atomic E-state index is 3.59. The molecule has 0 unspecified atom stereocenters. The summed E-state index contributed by atoms with van der Waals surface area (Å²) in [7, 11) is 0. The number of hydrogen-bond acceptors (Lipinski definition) is 0. The fourth-order valence-electron chi connectivity index (χ4n) is 1.42. The van der Waals surface area contributed by atoms with Gasteiger partial charge < -0.3 is 0 Å². The quantitative estimate of drug-likeness (QED) is 0.453. The van der Waals surface area contributed by atoms with Crippen LogP contribution in [0.5, 0.6) is 0 Å². The van der Waals surface area contributed by atoms with Gasteiger partial charge in [0.2, 0.25) is 0 Å². The highest BCUT2D eigenvalue weighted by molar-refractivity contribution is 9.13. The van der Waals surface area contributed by atoms with Crippen molar-refractivity contribution in [2.45, 2.75) is 0 Å².